The van der Waals surface area contributed by atoms with E-state index in [9.17, 15) is 13.6 Å². The maximum atomic E-state index is 12.9. The van der Waals surface area contributed by atoms with Crippen molar-refractivity contribution in [2.75, 3.05) is 0 Å². The summed E-state index contributed by atoms with van der Waals surface area (Å²) in [6, 6.07) is 2.86. The van der Waals surface area contributed by atoms with Crippen LogP contribution >= 0.6 is 0 Å². The number of hydrogen-bond donors (Lipinski definition) is 0. The lowest BCUT2D eigenvalue weighted by molar-refractivity contribution is 0.0472. The standard InChI is InChI=1S/C12H10F2N2O2/c1-16-6-8(5-15-16)7-18-12(17)9-2-3-10(13)11(14)4-9/h2-6H,7H2,1H3. The van der Waals surface area contributed by atoms with E-state index in [1.165, 1.54) is 6.07 Å². The van der Waals surface area contributed by atoms with Gasteiger partial charge in [0.2, 0.25) is 0 Å². The summed E-state index contributed by atoms with van der Waals surface area (Å²) in [7, 11) is 1.74. The highest BCUT2D eigenvalue weighted by Gasteiger charge is 2.11. The summed E-state index contributed by atoms with van der Waals surface area (Å²) in [5, 5.41) is 3.91. The van der Waals surface area contributed by atoms with E-state index in [0.717, 1.165) is 12.1 Å². The third-order valence-electron chi connectivity index (χ3n) is 2.28. The average molecular weight is 252 g/mol. The quantitative estimate of drug-likeness (QED) is 0.785. The van der Waals surface area contributed by atoms with Gasteiger partial charge in [-0.2, -0.15) is 5.10 Å². The zero-order chi connectivity index (χ0) is 13.1. The number of esters is 1. The van der Waals surface area contributed by atoms with Crippen molar-refractivity contribution in [1.82, 2.24) is 9.78 Å². The Morgan fingerprint density at radius 2 is 2.17 bits per heavy atom. The van der Waals surface area contributed by atoms with E-state index in [0.29, 0.717) is 5.56 Å². The highest BCUT2D eigenvalue weighted by atomic mass is 19.2. The second-order valence-electron chi connectivity index (χ2n) is 3.73. The molecule has 1 aromatic heterocycles. The second kappa shape index (κ2) is 4.95. The van der Waals surface area contributed by atoms with Gasteiger partial charge in [0.25, 0.3) is 0 Å². The summed E-state index contributed by atoms with van der Waals surface area (Å²) in [5.41, 5.74) is 0.686. The Morgan fingerprint density at radius 3 is 2.78 bits per heavy atom. The molecule has 0 aliphatic rings. The van der Waals surface area contributed by atoms with E-state index >= 15 is 0 Å². The lowest BCUT2D eigenvalue weighted by atomic mass is 10.2. The smallest absolute Gasteiger partial charge is 0.338 e. The van der Waals surface area contributed by atoms with Gasteiger partial charge in [0.1, 0.15) is 6.61 Å². The number of carbonyl (C=O) groups is 1. The molecule has 0 aliphatic heterocycles. The fraction of sp³-hybridized carbons (Fsp3) is 0.167. The minimum Gasteiger partial charge on any atom is -0.457 e. The Morgan fingerprint density at radius 1 is 1.39 bits per heavy atom. The molecule has 0 unspecified atom stereocenters. The summed E-state index contributed by atoms with van der Waals surface area (Å²) in [6.45, 7) is 0.0334. The van der Waals surface area contributed by atoms with Crippen LogP contribution in [0.15, 0.2) is 30.6 Å². The number of nitrogens with zero attached hydrogens (tertiary/aromatic N) is 2. The molecule has 2 rings (SSSR count). The maximum Gasteiger partial charge on any atom is 0.338 e. The second-order valence-corrected chi connectivity index (χ2v) is 3.73. The molecule has 0 radical (unpaired) electrons. The van der Waals surface area contributed by atoms with Crippen LogP contribution in [-0.4, -0.2) is 15.7 Å². The van der Waals surface area contributed by atoms with Crippen molar-refractivity contribution in [1.29, 1.82) is 0 Å². The van der Waals surface area contributed by atoms with Gasteiger partial charge in [-0.1, -0.05) is 0 Å². The largest absolute Gasteiger partial charge is 0.457 e. The monoisotopic (exact) mass is 252 g/mol. The number of halogens is 2. The Kier molecular flexibility index (Phi) is 3.36. The summed E-state index contributed by atoms with van der Waals surface area (Å²) < 4.78 is 32.1. The average Bonchev–Trinajstić information content (AvgIpc) is 2.75. The van der Waals surface area contributed by atoms with Gasteiger partial charge in [0, 0.05) is 18.8 Å². The Hall–Kier alpha value is -2.24. The summed E-state index contributed by atoms with van der Waals surface area (Å²) in [4.78, 5) is 11.5. The molecule has 2 aromatic rings. The molecule has 0 aliphatic carbocycles. The number of aryl methyl sites for hydroxylation is 1. The number of hydrogen-bond acceptors (Lipinski definition) is 3. The zero-order valence-electron chi connectivity index (χ0n) is 9.56. The molecule has 1 heterocycles. The van der Waals surface area contributed by atoms with Crippen molar-refractivity contribution in [3.63, 3.8) is 0 Å². The van der Waals surface area contributed by atoms with Gasteiger partial charge in [0.15, 0.2) is 11.6 Å². The SMILES string of the molecule is Cn1cc(COC(=O)c2ccc(F)c(F)c2)cn1. The molecule has 0 spiro atoms. The molecule has 1 aromatic carbocycles. The van der Waals surface area contributed by atoms with Gasteiger partial charge in [0.05, 0.1) is 11.8 Å². The van der Waals surface area contributed by atoms with Crippen LogP contribution < -0.4 is 0 Å². The minimum absolute atomic E-state index is 0.0298. The van der Waals surface area contributed by atoms with Crippen LogP contribution in [0.1, 0.15) is 15.9 Å². The Balaban J connectivity index is 2.01. The number of rotatable bonds is 3. The molecule has 0 saturated carbocycles. The van der Waals surface area contributed by atoms with Crippen molar-refractivity contribution >= 4 is 5.97 Å². The fourth-order valence-electron chi connectivity index (χ4n) is 1.40. The van der Waals surface area contributed by atoms with Gasteiger partial charge in [-0.25, -0.2) is 13.6 Å². The highest BCUT2D eigenvalue weighted by molar-refractivity contribution is 5.89. The molecule has 0 saturated heterocycles. The molecule has 6 heteroatoms. The van der Waals surface area contributed by atoms with Crippen LogP contribution in [0.5, 0.6) is 0 Å². The van der Waals surface area contributed by atoms with E-state index < -0.39 is 17.6 Å². The number of aromatic nitrogens is 2. The maximum absolute atomic E-state index is 12.9. The molecule has 0 atom stereocenters. The molecule has 18 heavy (non-hydrogen) atoms. The van der Waals surface area contributed by atoms with E-state index in [2.05, 4.69) is 5.10 Å². The normalized spacial score (nSPS) is 10.4. The van der Waals surface area contributed by atoms with Crippen LogP contribution in [0.2, 0.25) is 0 Å². The molecular weight excluding hydrogens is 242 g/mol. The predicted molar refractivity (Wildman–Crippen MR) is 58.7 cm³/mol. The molecule has 94 valence electrons. The van der Waals surface area contributed by atoms with Crippen molar-refractivity contribution < 1.29 is 18.3 Å². The van der Waals surface area contributed by atoms with E-state index in [1.807, 2.05) is 0 Å². The van der Waals surface area contributed by atoms with E-state index in [-0.39, 0.29) is 12.2 Å². The topological polar surface area (TPSA) is 44.1 Å². The zero-order valence-corrected chi connectivity index (χ0v) is 9.56. The van der Waals surface area contributed by atoms with Crippen molar-refractivity contribution in [3.8, 4) is 0 Å². The summed E-state index contributed by atoms with van der Waals surface area (Å²) in [5.74, 6) is -2.79. The lowest BCUT2D eigenvalue weighted by Crippen LogP contribution is -2.05. The Labute approximate surface area is 102 Å². The highest BCUT2D eigenvalue weighted by Crippen LogP contribution is 2.10. The van der Waals surface area contributed by atoms with E-state index in [4.69, 9.17) is 4.74 Å². The first-order chi connectivity index (χ1) is 8.56. The van der Waals surface area contributed by atoms with Gasteiger partial charge in [-0.15, -0.1) is 0 Å². The van der Waals surface area contributed by atoms with Crippen molar-refractivity contribution in [2.24, 2.45) is 7.05 Å². The van der Waals surface area contributed by atoms with Crippen LogP contribution in [0.3, 0.4) is 0 Å². The van der Waals surface area contributed by atoms with Gasteiger partial charge < -0.3 is 4.74 Å². The van der Waals surface area contributed by atoms with Crippen LogP contribution in [0.4, 0.5) is 8.78 Å². The van der Waals surface area contributed by atoms with Gasteiger partial charge in [-0.3, -0.25) is 4.68 Å². The lowest BCUT2D eigenvalue weighted by Gasteiger charge is -2.03. The van der Waals surface area contributed by atoms with Gasteiger partial charge in [-0.05, 0) is 18.2 Å². The summed E-state index contributed by atoms with van der Waals surface area (Å²) in [6.07, 6.45) is 3.25. The number of carbonyl (C=O) groups excluding carboxylic acids is 1. The predicted octanol–water partition coefficient (Wildman–Crippen LogP) is 2.06. The first-order valence-electron chi connectivity index (χ1n) is 5.16. The van der Waals surface area contributed by atoms with Crippen LogP contribution in [0, 0.1) is 11.6 Å². The first kappa shape index (κ1) is 12.2. The molecule has 4 nitrogen and oxygen atoms in total. The fourth-order valence-corrected chi connectivity index (χ4v) is 1.40. The van der Waals surface area contributed by atoms with Crippen LogP contribution in [0.25, 0.3) is 0 Å². The third kappa shape index (κ3) is 2.71. The number of ether oxygens (including phenoxy) is 1. The number of benzene rings is 1. The molecular formula is C12H10F2N2O2. The van der Waals surface area contributed by atoms with Crippen LogP contribution in [-0.2, 0) is 18.4 Å². The first-order valence-corrected chi connectivity index (χ1v) is 5.16. The molecule has 0 bridgehead atoms. The van der Waals surface area contributed by atoms with Crippen molar-refractivity contribution in [3.05, 3.63) is 53.4 Å². The Bertz CT molecular complexity index is 581. The summed E-state index contributed by atoms with van der Waals surface area (Å²) >= 11 is 0. The molecule has 0 fully saturated rings. The molecule has 0 amide bonds. The van der Waals surface area contributed by atoms with Gasteiger partial charge >= 0.3 is 5.97 Å². The van der Waals surface area contributed by atoms with E-state index in [1.54, 1.807) is 24.1 Å². The van der Waals surface area contributed by atoms with Crippen molar-refractivity contribution in [2.45, 2.75) is 6.61 Å². The molecule has 0 N–H and O–H groups in total. The third-order valence-corrected chi connectivity index (χ3v) is 2.28. The minimum atomic E-state index is -1.08.